The summed E-state index contributed by atoms with van der Waals surface area (Å²) in [5.41, 5.74) is 9.02. The van der Waals surface area contributed by atoms with Crippen molar-refractivity contribution in [1.82, 2.24) is 0 Å². The van der Waals surface area contributed by atoms with Crippen LogP contribution in [0.3, 0.4) is 0 Å². The summed E-state index contributed by atoms with van der Waals surface area (Å²) in [5, 5.41) is 4.05. The van der Waals surface area contributed by atoms with Crippen LogP contribution < -0.4 is 5.73 Å². The third-order valence-electron chi connectivity index (χ3n) is 1.85. The molecule has 0 radical (unpaired) electrons. The summed E-state index contributed by atoms with van der Waals surface area (Å²) in [5.74, 6) is 0. The van der Waals surface area contributed by atoms with Gasteiger partial charge in [0.05, 0.1) is 5.69 Å². The minimum atomic E-state index is 0.867. The number of nitrogen functional groups attached to an aromatic ring is 1. The minimum absolute atomic E-state index is 0.867. The van der Waals surface area contributed by atoms with Gasteiger partial charge in [0.15, 0.2) is 0 Å². The van der Waals surface area contributed by atoms with Gasteiger partial charge in [0.2, 0.25) is 0 Å². The van der Waals surface area contributed by atoms with Gasteiger partial charge in [-0.2, -0.15) is 0 Å². The van der Waals surface area contributed by atoms with Crippen LogP contribution in [0.15, 0.2) is 35.0 Å². The zero-order chi connectivity index (χ0) is 9.26. The molecular weight excluding hydrogens is 293 g/mol. The van der Waals surface area contributed by atoms with Crippen molar-refractivity contribution in [3.8, 4) is 11.1 Å². The van der Waals surface area contributed by atoms with Crippen molar-refractivity contribution in [3.05, 3.63) is 38.6 Å². The van der Waals surface area contributed by atoms with E-state index in [0.29, 0.717) is 0 Å². The second-order valence-corrected chi connectivity index (χ2v) is 4.74. The molecule has 1 heterocycles. The maximum atomic E-state index is 5.82. The maximum Gasteiger partial charge on any atom is 0.0502 e. The standard InChI is InChI=1S/C10H8INS/c11-8-3-1-7(2-4-8)9-5-13-6-10(9)12/h1-6H,12H2. The third kappa shape index (κ3) is 1.86. The van der Waals surface area contributed by atoms with Crippen LogP contribution in [0.1, 0.15) is 0 Å². The van der Waals surface area contributed by atoms with Gasteiger partial charge >= 0.3 is 0 Å². The Labute approximate surface area is 94.7 Å². The number of nitrogens with two attached hydrogens (primary N) is 1. The molecule has 0 amide bonds. The van der Waals surface area contributed by atoms with Crippen molar-refractivity contribution in [3.63, 3.8) is 0 Å². The molecule has 66 valence electrons. The fraction of sp³-hybridized carbons (Fsp3) is 0. The van der Waals surface area contributed by atoms with Gasteiger partial charge in [0.1, 0.15) is 0 Å². The van der Waals surface area contributed by atoms with E-state index in [1.54, 1.807) is 11.3 Å². The SMILES string of the molecule is Nc1cscc1-c1ccc(I)cc1. The molecule has 1 aromatic carbocycles. The molecule has 0 saturated heterocycles. The largest absolute Gasteiger partial charge is 0.398 e. The van der Waals surface area contributed by atoms with Gasteiger partial charge in [-0.15, -0.1) is 11.3 Å². The number of benzene rings is 1. The van der Waals surface area contributed by atoms with Gasteiger partial charge < -0.3 is 5.73 Å². The smallest absolute Gasteiger partial charge is 0.0502 e. The highest BCUT2D eigenvalue weighted by Crippen LogP contribution is 2.29. The van der Waals surface area contributed by atoms with Crippen molar-refractivity contribution < 1.29 is 0 Å². The highest BCUT2D eigenvalue weighted by atomic mass is 127. The molecule has 13 heavy (non-hydrogen) atoms. The maximum absolute atomic E-state index is 5.82. The predicted octanol–water partition coefficient (Wildman–Crippen LogP) is 3.60. The molecule has 2 aromatic rings. The Balaban J connectivity index is 2.47. The van der Waals surface area contributed by atoms with E-state index in [0.717, 1.165) is 11.3 Å². The number of anilines is 1. The quantitative estimate of drug-likeness (QED) is 0.800. The summed E-state index contributed by atoms with van der Waals surface area (Å²) in [4.78, 5) is 0. The Hall–Kier alpha value is -0.550. The zero-order valence-corrected chi connectivity index (χ0v) is 9.80. The number of hydrogen-bond donors (Lipinski definition) is 1. The Morgan fingerprint density at radius 2 is 1.77 bits per heavy atom. The first-order valence-electron chi connectivity index (χ1n) is 3.85. The first-order chi connectivity index (χ1) is 6.27. The summed E-state index contributed by atoms with van der Waals surface area (Å²) in [6.07, 6.45) is 0. The van der Waals surface area contributed by atoms with E-state index in [1.807, 2.05) is 5.38 Å². The van der Waals surface area contributed by atoms with Crippen LogP contribution in [0.2, 0.25) is 0 Å². The molecule has 0 atom stereocenters. The summed E-state index contributed by atoms with van der Waals surface area (Å²) in [6.45, 7) is 0. The highest BCUT2D eigenvalue weighted by molar-refractivity contribution is 14.1. The van der Waals surface area contributed by atoms with E-state index in [4.69, 9.17) is 5.73 Å². The van der Waals surface area contributed by atoms with E-state index < -0.39 is 0 Å². The lowest BCUT2D eigenvalue weighted by molar-refractivity contribution is 1.62. The lowest BCUT2D eigenvalue weighted by Crippen LogP contribution is -1.84. The van der Waals surface area contributed by atoms with Crippen molar-refractivity contribution in [2.75, 3.05) is 5.73 Å². The molecule has 0 aliphatic heterocycles. The molecule has 0 spiro atoms. The van der Waals surface area contributed by atoms with Crippen LogP contribution in [0.5, 0.6) is 0 Å². The van der Waals surface area contributed by atoms with Crippen molar-refractivity contribution in [2.24, 2.45) is 0 Å². The molecule has 0 aliphatic carbocycles. The number of hydrogen-bond acceptors (Lipinski definition) is 2. The van der Waals surface area contributed by atoms with Gasteiger partial charge in [-0.25, -0.2) is 0 Å². The van der Waals surface area contributed by atoms with E-state index >= 15 is 0 Å². The van der Waals surface area contributed by atoms with Crippen molar-refractivity contribution in [2.45, 2.75) is 0 Å². The van der Waals surface area contributed by atoms with Crippen LogP contribution in [0.4, 0.5) is 5.69 Å². The Morgan fingerprint density at radius 1 is 1.08 bits per heavy atom. The molecule has 0 saturated carbocycles. The second kappa shape index (κ2) is 3.67. The van der Waals surface area contributed by atoms with Crippen LogP contribution in [0, 0.1) is 3.57 Å². The fourth-order valence-corrected chi connectivity index (χ4v) is 2.28. The normalized spacial score (nSPS) is 10.2. The molecule has 0 unspecified atom stereocenters. The lowest BCUT2D eigenvalue weighted by Gasteiger charge is -1.99. The first-order valence-corrected chi connectivity index (χ1v) is 5.87. The van der Waals surface area contributed by atoms with Crippen LogP contribution in [-0.4, -0.2) is 0 Å². The van der Waals surface area contributed by atoms with Gasteiger partial charge in [-0.3, -0.25) is 0 Å². The van der Waals surface area contributed by atoms with E-state index in [-0.39, 0.29) is 0 Å². The molecule has 0 fully saturated rings. The Morgan fingerprint density at radius 3 is 2.31 bits per heavy atom. The summed E-state index contributed by atoms with van der Waals surface area (Å²) < 4.78 is 1.25. The van der Waals surface area contributed by atoms with Gasteiger partial charge in [0.25, 0.3) is 0 Å². The zero-order valence-electron chi connectivity index (χ0n) is 6.83. The third-order valence-corrected chi connectivity index (χ3v) is 3.33. The molecule has 3 heteroatoms. The Bertz CT molecular complexity index is 405. The van der Waals surface area contributed by atoms with Gasteiger partial charge in [-0.1, -0.05) is 12.1 Å². The van der Waals surface area contributed by atoms with Crippen LogP contribution in [-0.2, 0) is 0 Å². The first kappa shape index (κ1) is 9.02. The molecule has 2 rings (SSSR count). The number of halogens is 1. The monoisotopic (exact) mass is 301 g/mol. The van der Waals surface area contributed by atoms with Gasteiger partial charge in [0, 0.05) is 19.9 Å². The molecule has 2 N–H and O–H groups in total. The van der Waals surface area contributed by atoms with Crippen molar-refractivity contribution in [1.29, 1.82) is 0 Å². The summed E-state index contributed by atoms with van der Waals surface area (Å²) in [6, 6.07) is 8.38. The second-order valence-electron chi connectivity index (χ2n) is 2.75. The number of rotatable bonds is 1. The molecule has 1 nitrogen and oxygen atoms in total. The average Bonchev–Trinajstić information content (AvgIpc) is 2.53. The van der Waals surface area contributed by atoms with E-state index in [9.17, 15) is 0 Å². The molecule has 0 bridgehead atoms. The van der Waals surface area contributed by atoms with E-state index in [2.05, 4.69) is 52.2 Å². The molecule has 1 aromatic heterocycles. The topological polar surface area (TPSA) is 26.0 Å². The highest BCUT2D eigenvalue weighted by Gasteiger charge is 2.02. The van der Waals surface area contributed by atoms with Crippen molar-refractivity contribution >= 4 is 39.6 Å². The fourth-order valence-electron chi connectivity index (χ4n) is 1.17. The van der Waals surface area contributed by atoms with E-state index in [1.165, 1.54) is 9.13 Å². The molecule has 0 aliphatic rings. The predicted molar refractivity (Wildman–Crippen MR) is 66.9 cm³/mol. The Kier molecular flexibility index (Phi) is 2.55. The number of thiophene rings is 1. The average molecular weight is 301 g/mol. The van der Waals surface area contributed by atoms with Crippen LogP contribution >= 0.6 is 33.9 Å². The summed E-state index contributed by atoms with van der Waals surface area (Å²) >= 11 is 3.93. The lowest BCUT2D eigenvalue weighted by atomic mass is 10.1. The van der Waals surface area contributed by atoms with Gasteiger partial charge in [-0.05, 0) is 40.3 Å². The van der Waals surface area contributed by atoms with Crippen LogP contribution in [0.25, 0.3) is 11.1 Å². The molecular formula is C10H8INS. The minimum Gasteiger partial charge on any atom is -0.398 e. The summed E-state index contributed by atoms with van der Waals surface area (Å²) in [7, 11) is 0.